The molecule has 2 amide bonds. The molecule has 14 heteroatoms. The van der Waals surface area contributed by atoms with Crippen molar-refractivity contribution < 1.29 is 28.2 Å². The van der Waals surface area contributed by atoms with Crippen molar-refractivity contribution in [1.82, 2.24) is 25.1 Å². The maximum Gasteiger partial charge on any atom is 0.408 e. The van der Waals surface area contributed by atoms with Gasteiger partial charge in [-0.05, 0) is 55.5 Å². The van der Waals surface area contributed by atoms with Crippen LogP contribution in [0.25, 0.3) is 11.4 Å². The van der Waals surface area contributed by atoms with Crippen LogP contribution in [-0.4, -0.2) is 115 Å². The van der Waals surface area contributed by atoms with Crippen LogP contribution in [0.3, 0.4) is 0 Å². The summed E-state index contributed by atoms with van der Waals surface area (Å²) in [6.45, 7) is 7.40. The number of carbonyl (C=O) groups is 2. The van der Waals surface area contributed by atoms with Crippen molar-refractivity contribution in [1.29, 1.82) is 5.26 Å². The Kier molecular flexibility index (Phi) is 8.96. The smallest absolute Gasteiger partial charge is 0.408 e. The highest BCUT2D eigenvalue weighted by atomic mass is 19.1. The first-order valence-corrected chi connectivity index (χ1v) is 16.2. The number of piperidine rings is 1. The first-order valence-electron chi connectivity index (χ1n) is 16.2. The fourth-order valence-electron chi connectivity index (χ4n) is 6.46. The van der Waals surface area contributed by atoms with Crippen LogP contribution in [-0.2, 0) is 14.3 Å². The third-order valence-corrected chi connectivity index (χ3v) is 9.34. The van der Waals surface area contributed by atoms with Gasteiger partial charge in [0.05, 0.1) is 31.4 Å². The largest absolute Gasteiger partial charge is 0.486 e. The van der Waals surface area contributed by atoms with Crippen molar-refractivity contribution in [2.24, 2.45) is 0 Å². The van der Waals surface area contributed by atoms with Gasteiger partial charge in [-0.1, -0.05) is 0 Å². The van der Waals surface area contributed by atoms with Crippen LogP contribution >= 0.6 is 0 Å². The van der Waals surface area contributed by atoms with Crippen LogP contribution in [0.5, 0.6) is 5.75 Å². The molecule has 0 saturated carbocycles. The van der Waals surface area contributed by atoms with E-state index in [0.717, 1.165) is 45.1 Å². The molecule has 0 unspecified atom stereocenters. The van der Waals surface area contributed by atoms with Crippen LogP contribution in [0.15, 0.2) is 54.7 Å². The number of alkyl halides is 1. The van der Waals surface area contributed by atoms with Crippen molar-refractivity contribution in [3.63, 3.8) is 0 Å². The fourth-order valence-corrected chi connectivity index (χ4v) is 6.46. The van der Waals surface area contributed by atoms with E-state index in [0.29, 0.717) is 23.2 Å². The number of carbonyl (C=O) groups excluding carboxylic acids is 2. The number of hydrogen-bond donors (Lipinski definition) is 2. The minimum absolute atomic E-state index is 0.188. The average Bonchev–Trinajstić information content (AvgIpc) is 3.42. The molecule has 0 radical (unpaired) electrons. The Hall–Kier alpha value is -5.00. The van der Waals surface area contributed by atoms with E-state index >= 15 is 4.39 Å². The number of nitriles is 1. The van der Waals surface area contributed by atoms with Gasteiger partial charge in [0.1, 0.15) is 35.9 Å². The summed E-state index contributed by atoms with van der Waals surface area (Å²) >= 11 is 0. The predicted octanol–water partition coefficient (Wildman–Crippen LogP) is 3.09. The van der Waals surface area contributed by atoms with Crippen molar-refractivity contribution in [2.45, 2.75) is 43.8 Å². The van der Waals surface area contributed by atoms with Crippen molar-refractivity contribution in [2.75, 3.05) is 62.7 Å². The maximum absolute atomic E-state index is 15.2. The second-order valence-electron chi connectivity index (χ2n) is 12.5. The summed E-state index contributed by atoms with van der Waals surface area (Å²) in [6.07, 6.45) is -1.76. The van der Waals surface area contributed by atoms with E-state index < -0.39 is 36.4 Å². The number of hydrogen-bond acceptors (Lipinski definition) is 11. The Morgan fingerprint density at radius 2 is 1.90 bits per heavy atom. The Morgan fingerprint density at radius 3 is 2.56 bits per heavy atom. The van der Waals surface area contributed by atoms with Crippen LogP contribution in [0.4, 0.5) is 26.4 Å². The minimum Gasteiger partial charge on any atom is -0.486 e. The van der Waals surface area contributed by atoms with Gasteiger partial charge in [0.25, 0.3) is 0 Å². The molecule has 0 bridgehead atoms. The lowest BCUT2D eigenvalue weighted by molar-refractivity contribution is -0.138. The monoisotopic (exact) mass is 656 g/mol. The maximum atomic E-state index is 15.2. The summed E-state index contributed by atoms with van der Waals surface area (Å²) in [4.78, 5) is 39.7. The number of cyclic esters (lactones) is 1. The van der Waals surface area contributed by atoms with Gasteiger partial charge in [-0.15, -0.1) is 0 Å². The standard InChI is InChI=1S/C34H37FN8O5/c1-21-31(40-34(45)47-21)33(44)43-11-9-29(27(35)18-43)48-28-7-2-22(16-23(28)17-36)32-37-10-8-30(39-32)38-24-3-5-25(6-4-24)41-12-14-42(15-13-41)26-19-46-20-26/h2-8,10,16,21,26-27,29,31H,9,11-15,18-20H2,1H3,(H,40,45)(H,37,38,39)/t21-,27+,29-,31-/m0/s1. The van der Waals surface area contributed by atoms with E-state index in [-0.39, 0.29) is 30.8 Å². The number of nitrogens with one attached hydrogen (secondary N) is 2. The number of alkyl carbamates (subject to hydrolysis) is 1. The van der Waals surface area contributed by atoms with Crippen LogP contribution in [0, 0.1) is 11.3 Å². The third kappa shape index (κ3) is 6.69. The van der Waals surface area contributed by atoms with E-state index in [1.54, 1.807) is 37.4 Å². The second-order valence-corrected chi connectivity index (χ2v) is 12.5. The number of piperazine rings is 1. The Bertz CT molecular complexity index is 1690. The number of aromatic nitrogens is 2. The molecule has 4 atom stereocenters. The van der Waals surface area contributed by atoms with Crippen LogP contribution in [0.2, 0.25) is 0 Å². The molecule has 48 heavy (non-hydrogen) atoms. The normalized spacial score (nSPS) is 24.6. The number of benzene rings is 2. The van der Waals surface area contributed by atoms with Gasteiger partial charge in [0, 0.05) is 62.3 Å². The van der Waals surface area contributed by atoms with Crippen LogP contribution < -0.4 is 20.3 Å². The summed E-state index contributed by atoms with van der Waals surface area (Å²) in [7, 11) is 0. The van der Waals surface area contributed by atoms with E-state index in [2.05, 4.69) is 48.6 Å². The van der Waals surface area contributed by atoms with Gasteiger partial charge in [-0.25, -0.2) is 19.2 Å². The van der Waals surface area contributed by atoms with Crippen LogP contribution in [0.1, 0.15) is 18.9 Å². The van der Waals surface area contributed by atoms with E-state index in [1.807, 2.05) is 12.1 Å². The molecule has 0 aliphatic carbocycles. The molecule has 250 valence electrons. The van der Waals surface area contributed by atoms with Crippen molar-refractivity contribution in [3.05, 3.63) is 60.3 Å². The summed E-state index contributed by atoms with van der Waals surface area (Å²) in [6, 6.07) is 16.9. The number of likely N-dealkylation sites (tertiary alicyclic amines) is 1. The average molecular weight is 657 g/mol. The van der Waals surface area contributed by atoms with Crippen molar-refractivity contribution in [3.8, 4) is 23.2 Å². The minimum atomic E-state index is -1.49. The zero-order valence-electron chi connectivity index (χ0n) is 26.5. The molecule has 4 fully saturated rings. The molecule has 4 aliphatic heterocycles. The lowest BCUT2D eigenvalue weighted by Gasteiger charge is -2.43. The topological polar surface area (TPSA) is 145 Å². The SMILES string of the molecule is C[C@@H]1OC(=O)N[C@@H]1C(=O)N1CC[C@H](Oc2ccc(-c3nccc(Nc4ccc(N5CCN(C6COC6)CC5)cc4)n3)cc2C#N)[C@H](F)C1. The molecular weight excluding hydrogens is 619 g/mol. The number of nitrogens with zero attached hydrogens (tertiary/aromatic N) is 6. The molecule has 1 aromatic heterocycles. The number of amides is 2. The number of rotatable bonds is 8. The number of ether oxygens (including phenoxy) is 3. The zero-order chi connectivity index (χ0) is 33.2. The summed E-state index contributed by atoms with van der Waals surface area (Å²) < 4.78 is 31.5. The first kappa shape index (κ1) is 31.6. The molecule has 5 heterocycles. The zero-order valence-corrected chi connectivity index (χ0v) is 26.5. The van der Waals surface area contributed by atoms with Crippen molar-refractivity contribution >= 4 is 29.2 Å². The summed E-state index contributed by atoms with van der Waals surface area (Å²) in [5.74, 6) is 0.866. The molecule has 3 aromatic rings. The highest BCUT2D eigenvalue weighted by Gasteiger charge is 2.42. The second kappa shape index (κ2) is 13.6. The highest BCUT2D eigenvalue weighted by Crippen LogP contribution is 2.30. The molecule has 0 spiro atoms. The molecule has 7 rings (SSSR count). The quantitative estimate of drug-likeness (QED) is 0.369. The number of halogens is 1. The molecule has 2 aromatic carbocycles. The Labute approximate surface area is 277 Å². The predicted molar refractivity (Wildman–Crippen MR) is 174 cm³/mol. The molecule has 2 N–H and O–H groups in total. The fraction of sp³-hybridized carbons (Fsp3) is 0.441. The van der Waals surface area contributed by atoms with Gasteiger partial charge in [0.15, 0.2) is 12.0 Å². The number of anilines is 3. The van der Waals surface area contributed by atoms with E-state index in [9.17, 15) is 14.9 Å². The van der Waals surface area contributed by atoms with Gasteiger partial charge in [0.2, 0.25) is 5.91 Å². The lowest BCUT2D eigenvalue weighted by atomic mass is 10.0. The Morgan fingerprint density at radius 1 is 1.10 bits per heavy atom. The molecular formula is C34H37FN8O5. The highest BCUT2D eigenvalue weighted by molar-refractivity contribution is 5.88. The molecule has 4 saturated heterocycles. The molecule has 4 aliphatic rings. The van der Waals surface area contributed by atoms with Gasteiger partial charge >= 0.3 is 6.09 Å². The molecule has 13 nitrogen and oxygen atoms in total. The van der Waals surface area contributed by atoms with E-state index in [4.69, 9.17) is 14.2 Å². The summed E-state index contributed by atoms with van der Waals surface area (Å²) in [5.41, 5.74) is 2.90. The Balaban J connectivity index is 0.956. The van der Waals surface area contributed by atoms with Gasteiger partial charge < -0.3 is 34.6 Å². The van der Waals surface area contributed by atoms with E-state index in [1.165, 1.54) is 10.6 Å². The van der Waals surface area contributed by atoms with Gasteiger partial charge in [-0.3, -0.25) is 9.69 Å². The first-order chi connectivity index (χ1) is 23.3. The van der Waals surface area contributed by atoms with Gasteiger partial charge in [-0.2, -0.15) is 5.26 Å². The third-order valence-electron chi connectivity index (χ3n) is 9.34. The summed E-state index contributed by atoms with van der Waals surface area (Å²) in [5, 5.41) is 15.7. The lowest BCUT2D eigenvalue weighted by Crippen LogP contribution is -2.56.